The van der Waals surface area contributed by atoms with E-state index in [9.17, 15) is 4.79 Å². The summed E-state index contributed by atoms with van der Waals surface area (Å²) < 4.78 is 4.89. The van der Waals surface area contributed by atoms with Crippen LogP contribution < -0.4 is 10.6 Å². The molecule has 0 aromatic carbocycles. The number of rotatable bonds is 5. The maximum atomic E-state index is 11.8. The van der Waals surface area contributed by atoms with Gasteiger partial charge >= 0.3 is 0 Å². The fourth-order valence-corrected chi connectivity index (χ4v) is 1.90. The predicted octanol–water partition coefficient (Wildman–Crippen LogP) is 0.281. The van der Waals surface area contributed by atoms with E-state index in [-0.39, 0.29) is 11.4 Å². The van der Waals surface area contributed by atoms with Crippen molar-refractivity contribution in [1.82, 2.24) is 10.6 Å². The second kappa shape index (κ2) is 5.32. The van der Waals surface area contributed by atoms with Gasteiger partial charge in [0.2, 0.25) is 5.91 Å². The summed E-state index contributed by atoms with van der Waals surface area (Å²) in [7, 11) is 1.63. The number of hydrogen-bond acceptors (Lipinski definition) is 3. The molecule has 1 aliphatic heterocycles. The van der Waals surface area contributed by atoms with Crippen LogP contribution in [-0.2, 0) is 9.53 Å². The van der Waals surface area contributed by atoms with Gasteiger partial charge in [-0.3, -0.25) is 4.79 Å². The third-order valence-electron chi connectivity index (χ3n) is 2.87. The summed E-state index contributed by atoms with van der Waals surface area (Å²) >= 11 is 0. The Balaban J connectivity index is 2.40. The lowest BCUT2D eigenvalue weighted by Gasteiger charge is -2.26. The van der Waals surface area contributed by atoms with Crippen LogP contribution in [0.5, 0.6) is 0 Å². The molecule has 82 valence electrons. The Morgan fingerprint density at radius 3 is 2.93 bits per heavy atom. The maximum absolute atomic E-state index is 11.8. The first kappa shape index (κ1) is 11.5. The second-order valence-electron chi connectivity index (χ2n) is 3.71. The van der Waals surface area contributed by atoms with Gasteiger partial charge < -0.3 is 15.4 Å². The summed E-state index contributed by atoms with van der Waals surface area (Å²) in [4.78, 5) is 11.8. The van der Waals surface area contributed by atoms with Crippen molar-refractivity contribution < 1.29 is 9.53 Å². The van der Waals surface area contributed by atoms with E-state index >= 15 is 0 Å². The molecular formula is C10H20N2O2. The van der Waals surface area contributed by atoms with Crippen LogP contribution in [0.1, 0.15) is 26.2 Å². The van der Waals surface area contributed by atoms with Crippen molar-refractivity contribution in [3.8, 4) is 0 Å². The lowest BCUT2D eigenvalue weighted by molar-refractivity contribution is -0.127. The Kier molecular flexibility index (Phi) is 4.35. The van der Waals surface area contributed by atoms with Gasteiger partial charge in [-0.2, -0.15) is 0 Å². The molecule has 1 amide bonds. The fourth-order valence-electron chi connectivity index (χ4n) is 1.90. The summed E-state index contributed by atoms with van der Waals surface area (Å²) in [5.41, 5.74) is -0.312. The van der Waals surface area contributed by atoms with Crippen LogP contribution in [0.4, 0.5) is 0 Å². The molecule has 1 fully saturated rings. The molecule has 0 spiro atoms. The summed E-state index contributed by atoms with van der Waals surface area (Å²) in [6, 6.07) is 0. The monoisotopic (exact) mass is 200 g/mol. The van der Waals surface area contributed by atoms with Crippen molar-refractivity contribution in [3.05, 3.63) is 0 Å². The fraction of sp³-hybridized carbons (Fsp3) is 0.900. The first-order valence-corrected chi connectivity index (χ1v) is 5.27. The van der Waals surface area contributed by atoms with Crippen LogP contribution in [0, 0.1) is 0 Å². The van der Waals surface area contributed by atoms with Gasteiger partial charge in [0.05, 0.1) is 12.1 Å². The van der Waals surface area contributed by atoms with E-state index in [1.165, 1.54) is 0 Å². The molecule has 0 aliphatic carbocycles. The number of ether oxygens (including phenoxy) is 1. The average Bonchev–Trinajstić information content (AvgIpc) is 2.67. The van der Waals surface area contributed by atoms with Crippen molar-refractivity contribution >= 4 is 5.91 Å². The Labute approximate surface area is 85.4 Å². The molecule has 4 nitrogen and oxygen atoms in total. The van der Waals surface area contributed by atoms with Crippen molar-refractivity contribution in [1.29, 1.82) is 0 Å². The van der Waals surface area contributed by atoms with Gasteiger partial charge in [-0.1, -0.05) is 6.92 Å². The van der Waals surface area contributed by atoms with Crippen molar-refractivity contribution in [3.63, 3.8) is 0 Å². The minimum Gasteiger partial charge on any atom is -0.383 e. The highest BCUT2D eigenvalue weighted by Crippen LogP contribution is 2.22. The van der Waals surface area contributed by atoms with Crippen LogP contribution >= 0.6 is 0 Å². The van der Waals surface area contributed by atoms with Crippen LogP contribution in [0.15, 0.2) is 0 Å². The first-order valence-electron chi connectivity index (χ1n) is 5.27. The Hall–Kier alpha value is -0.610. The summed E-state index contributed by atoms with van der Waals surface area (Å²) in [5, 5.41) is 6.18. The number of carbonyl (C=O) groups excluding carboxylic acids is 1. The summed E-state index contributed by atoms with van der Waals surface area (Å²) in [6.45, 7) is 4.17. The zero-order chi connectivity index (χ0) is 10.4. The third-order valence-corrected chi connectivity index (χ3v) is 2.87. The molecule has 2 N–H and O–H groups in total. The number of methoxy groups -OCH3 is 1. The highest BCUT2D eigenvalue weighted by molar-refractivity contribution is 5.86. The zero-order valence-corrected chi connectivity index (χ0v) is 9.06. The van der Waals surface area contributed by atoms with E-state index in [1.807, 2.05) is 6.92 Å². The van der Waals surface area contributed by atoms with E-state index in [0.29, 0.717) is 13.2 Å². The standard InChI is InChI=1S/C10H20N2O2/c1-3-10(5-4-6-12-10)9(13)11-7-8-14-2/h12H,3-8H2,1-2H3,(H,11,13). The first-order chi connectivity index (χ1) is 6.75. The molecule has 14 heavy (non-hydrogen) atoms. The number of carbonyl (C=O) groups is 1. The number of amides is 1. The SMILES string of the molecule is CCC1(C(=O)NCCOC)CCCN1. The molecule has 0 aromatic rings. The third kappa shape index (κ3) is 2.45. The van der Waals surface area contributed by atoms with E-state index in [2.05, 4.69) is 10.6 Å². The molecule has 1 saturated heterocycles. The molecule has 1 aliphatic rings. The minimum absolute atomic E-state index is 0.120. The number of nitrogens with one attached hydrogen (secondary N) is 2. The molecule has 0 radical (unpaired) electrons. The Morgan fingerprint density at radius 1 is 1.64 bits per heavy atom. The van der Waals surface area contributed by atoms with E-state index in [4.69, 9.17) is 4.74 Å². The lowest BCUT2D eigenvalue weighted by Crippen LogP contribution is -2.53. The molecular weight excluding hydrogens is 180 g/mol. The summed E-state index contributed by atoms with van der Waals surface area (Å²) in [6.07, 6.45) is 2.89. The summed E-state index contributed by atoms with van der Waals surface area (Å²) in [5.74, 6) is 0.120. The normalized spacial score (nSPS) is 26.4. The van der Waals surface area contributed by atoms with Crippen molar-refractivity contribution in [2.75, 3.05) is 26.8 Å². The Morgan fingerprint density at radius 2 is 2.43 bits per heavy atom. The van der Waals surface area contributed by atoms with Crippen molar-refractivity contribution in [2.24, 2.45) is 0 Å². The van der Waals surface area contributed by atoms with Crippen molar-refractivity contribution in [2.45, 2.75) is 31.7 Å². The highest BCUT2D eigenvalue weighted by Gasteiger charge is 2.38. The smallest absolute Gasteiger partial charge is 0.240 e. The second-order valence-corrected chi connectivity index (χ2v) is 3.71. The topological polar surface area (TPSA) is 50.4 Å². The molecule has 1 heterocycles. The molecule has 4 heteroatoms. The quantitative estimate of drug-likeness (QED) is 0.627. The highest BCUT2D eigenvalue weighted by atomic mass is 16.5. The molecule has 0 saturated carbocycles. The average molecular weight is 200 g/mol. The van der Waals surface area contributed by atoms with E-state index in [1.54, 1.807) is 7.11 Å². The van der Waals surface area contributed by atoms with Gasteiger partial charge in [-0.15, -0.1) is 0 Å². The molecule has 0 bridgehead atoms. The number of hydrogen-bond donors (Lipinski definition) is 2. The lowest BCUT2D eigenvalue weighted by atomic mass is 9.93. The zero-order valence-electron chi connectivity index (χ0n) is 9.06. The van der Waals surface area contributed by atoms with Gasteiger partial charge in [0.25, 0.3) is 0 Å². The largest absolute Gasteiger partial charge is 0.383 e. The van der Waals surface area contributed by atoms with E-state index in [0.717, 1.165) is 25.8 Å². The maximum Gasteiger partial charge on any atom is 0.240 e. The molecule has 1 atom stereocenters. The Bertz CT molecular complexity index is 189. The van der Waals surface area contributed by atoms with Gasteiger partial charge in [-0.05, 0) is 25.8 Å². The van der Waals surface area contributed by atoms with Crippen LogP contribution in [0.2, 0.25) is 0 Å². The van der Waals surface area contributed by atoms with Crippen LogP contribution in [0.3, 0.4) is 0 Å². The van der Waals surface area contributed by atoms with Gasteiger partial charge in [0.15, 0.2) is 0 Å². The molecule has 0 aromatic heterocycles. The minimum atomic E-state index is -0.312. The van der Waals surface area contributed by atoms with Crippen LogP contribution in [-0.4, -0.2) is 38.3 Å². The molecule has 1 rings (SSSR count). The van der Waals surface area contributed by atoms with Gasteiger partial charge in [-0.25, -0.2) is 0 Å². The van der Waals surface area contributed by atoms with Gasteiger partial charge in [0.1, 0.15) is 0 Å². The molecule has 1 unspecified atom stereocenters. The van der Waals surface area contributed by atoms with E-state index < -0.39 is 0 Å². The van der Waals surface area contributed by atoms with Gasteiger partial charge in [0, 0.05) is 13.7 Å². The predicted molar refractivity (Wildman–Crippen MR) is 55.1 cm³/mol. The van der Waals surface area contributed by atoms with Crippen LogP contribution in [0.25, 0.3) is 0 Å².